The summed E-state index contributed by atoms with van der Waals surface area (Å²) >= 11 is 1.59. The number of hydrogen-bond donors (Lipinski definition) is 1. The quantitative estimate of drug-likeness (QED) is 0.529. The van der Waals surface area contributed by atoms with Crippen molar-refractivity contribution < 1.29 is 14.3 Å². The minimum absolute atomic E-state index is 0.0290. The van der Waals surface area contributed by atoms with E-state index < -0.39 is 0 Å². The van der Waals surface area contributed by atoms with Crippen LogP contribution in [0, 0.1) is 0 Å². The first-order valence-corrected chi connectivity index (χ1v) is 9.78. The van der Waals surface area contributed by atoms with Gasteiger partial charge in [-0.25, -0.2) is 4.98 Å². The van der Waals surface area contributed by atoms with Gasteiger partial charge in [-0.05, 0) is 49.7 Å². The summed E-state index contributed by atoms with van der Waals surface area (Å²) in [6, 6.07) is 15.3. The van der Waals surface area contributed by atoms with Crippen molar-refractivity contribution >= 4 is 22.9 Å². The fraction of sp³-hybridized carbons (Fsp3) is 0.238. The molecule has 27 heavy (non-hydrogen) atoms. The van der Waals surface area contributed by atoms with Crippen LogP contribution in [0.2, 0.25) is 0 Å². The number of thiazole rings is 1. The zero-order valence-electron chi connectivity index (χ0n) is 15.2. The number of benzene rings is 2. The van der Waals surface area contributed by atoms with E-state index in [0.717, 1.165) is 22.0 Å². The summed E-state index contributed by atoms with van der Waals surface area (Å²) in [5, 5.41) is 5.82. The molecule has 0 atom stereocenters. The van der Waals surface area contributed by atoms with Gasteiger partial charge >= 0.3 is 0 Å². The maximum Gasteiger partial charge on any atom is 0.224 e. The Morgan fingerprint density at radius 2 is 1.81 bits per heavy atom. The van der Waals surface area contributed by atoms with Gasteiger partial charge in [-0.3, -0.25) is 4.79 Å². The second-order valence-corrected chi connectivity index (χ2v) is 6.69. The molecule has 3 aromatic rings. The number of amides is 1. The average molecular weight is 382 g/mol. The molecule has 0 aliphatic heterocycles. The molecule has 2 aromatic carbocycles. The van der Waals surface area contributed by atoms with Crippen LogP contribution in [0.1, 0.15) is 19.8 Å². The van der Waals surface area contributed by atoms with Crippen LogP contribution in [-0.4, -0.2) is 24.1 Å². The number of nitrogens with zero attached hydrogens (tertiary/aromatic N) is 1. The van der Waals surface area contributed by atoms with Crippen molar-refractivity contribution in [2.45, 2.75) is 19.8 Å². The van der Waals surface area contributed by atoms with Crippen molar-refractivity contribution in [3.05, 3.63) is 60.1 Å². The average Bonchev–Trinajstić information content (AvgIpc) is 3.22. The van der Waals surface area contributed by atoms with Crippen LogP contribution in [0.15, 0.2) is 60.1 Å². The van der Waals surface area contributed by atoms with Crippen molar-refractivity contribution in [2.24, 2.45) is 0 Å². The summed E-state index contributed by atoms with van der Waals surface area (Å²) in [6.07, 6.45) is 2.80. The van der Waals surface area contributed by atoms with E-state index in [0.29, 0.717) is 31.8 Å². The summed E-state index contributed by atoms with van der Waals surface area (Å²) < 4.78 is 11.3. The molecule has 1 heterocycles. The lowest BCUT2D eigenvalue weighted by molar-refractivity contribution is -0.116. The fourth-order valence-electron chi connectivity index (χ4n) is 2.54. The molecule has 0 spiro atoms. The van der Waals surface area contributed by atoms with Crippen LogP contribution in [0.25, 0.3) is 10.6 Å². The first kappa shape index (κ1) is 18.9. The van der Waals surface area contributed by atoms with Crippen LogP contribution < -0.4 is 14.8 Å². The molecule has 0 saturated heterocycles. The number of hydrogen-bond acceptors (Lipinski definition) is 5. The molecule has 0 aliphatic carbocycles. The van der Waals surface area contributed by atoms with E-state index in [1.165, 1.54) is 0 Å². The molecule has 1 amide bonds. The Hall–Kier alpha value is -2.86. The molecule has 0 bridgehead atoms. The Morgan fingerprint density at radius 1 is 1.07 bits per heavy atom. The van der Waals surface area contributed by atoms with Crippen LogP contribution in [0.3, 0.4) is 0 Å². The molecule has 140 valence electrons. The van der Waals surface area contributed by atoms with Crippen molar-refractivity contribution in [1.82, 2.24) is 4.98 Å². The van der Waals surface area contributed by atoms with Gasteiger partial charge in [-0.2, -0.15) is 0 Å². The Kier molecular flexibility index (Phi) is 6.82. The number of carbonyl (C=O) groups is 1. The SMILES string of the molecule is CCOc1ccccc1OCCCC(=O)Nc1ccc(-c2nccs2)cc1. The number of anilines is 1. The number of aromatic nitrogens is 1. The van der Waals surface area contributed by atoms with Gasteiger partial charge in [-0.15, -0.1) is 11.3 Å². The summed E-state index contributed by atoms with van der Waals surface area (Å²) in [4.78, 5) is 16.4. The smallest absolute Gasteiger partial charge is 0.224 e. The number of ether oxygens (including phenoxy) is 2. The Labute approximate surface area is 163 Å². The van der Waals surface area contributed by atoms with Gasteiger partial charge < -0.3 is 14.8 Å². The summed E-state index contributed by atoms with van der Waals surface area (Å²) in [6.45, 7) is 2.98. The molecule has 0 aliphatic rings. The van der Waals surface area contributed by atoms with Crippen molar-refractivity contribution in [3.8, 4) is 22.1 Å². The molecule has 5 nitrogen and oxygen atoms in total. The van der Waals surface area contributed by atoms with Crippen molar-refractivity contribution in [3.63, 3.8) is 0 Å². The predicted molar refractivity (Wildman–Crippen MR) is 109 cm³/mol. The summed E-state index contributed by atoms with van der Waals surface area (Å²) in [5.41, 5.74) is 1.83. The lowest BCUT2D eigenvalue weighted by Crippen LogP contribution is -2.12. The van der Waals surface area contributed by atoms with E-state index >= 15 is 0 Å². The molecular weight excluding hydrogens is 360 g/mol. The molecule has 0 unspecified atom stereocenters. The van der Waals surface area contributed by atoms with E-state index in [-0.39, 0.29) is 5.91 Å². The number of rotatable bonds is 9. The van der Waals surface area contributed by atoms with E-state index in [1.54, 1.807) is 17.5 Å². The van der Waals surface area contributed by atoms with Crippen molar-refractivity contribution in [1.29, 1.82) is 0 Å². The third-order valence-electron chi connectivity index (χ3n) is 3.80. The summed E-state index contributed by atoms with van der Waals surface area (Å²) in [7, 11) is 0. The Morgan fingerprint density at radius 3 is 2.48 bits per heavy atom. The highest BCUT2D eigenvalue weighted by molar-refractivity contribution is 7.13. The third-order valence-corrected chi connectivity index (χ3v) is 4.62. The monoisotopic (exact) mass is 382 g/mol. The van der Waals surface area contributed by atoms with E-state index in [4.69, 9.17) is 9.47 Å². The number of nitrogens with one attached hydrogen (secondary N) is 1. The van der Waals surface area contributed by atoms with Crippen LogP contribution in [0.4, 0.5) is 5.69 Å². The topological polar surface area (TPSA) is 60.5 Å². The van der Waals surface area contributed by atoms with Gasteiger partial charge in [0.1, 0.15) is 5.01 Å². The van der Waals surface area contributed by atoms with Crippen LogP contribution in [0.5, 0.6) is 11.5 Å². The fourth-order valence-corrected chi connectivity index (χ4v) is 3.19. The van der Waals surface area contributed by atoms with Gasteiger partial charge in [-0.1, -0.05) is 12.1 Å². The van der Waals surface area contributed by atoms with Crippen molar-refractivity contribution in [2.75, 3.05) is 18.5 Å². The van der Waals surface area contributed by atoms with Gasteiger partial charge in [0.05, 0.1) is 13.2 Å². The first-order valence-electron chi connectivity index (χ1n) is 8.90. The minimum Gasteiger partial charge on any atom is -0.490 e. The van der Waals surface area contributed by atoms with E-state index in [9.17, 15) is 4.79 Å². The van der Waals surface area contributed by atoms with Gasteiger partial charge in [0.25, 0.3) is 0 Å². The van der Waals surface area contributed by atoms with Crippen LogP contribution in [-0.2, 0) is 4.79 Å². The lowest BCUT2D eigenvalue weighted by atomic mass is 10.2. The zero-order chi connectivity index (χ0) is 18.9. The molecule has 3 rings (SSSR count). The minimum atomic E-state index is -0.0290. The van der Waals surface area contributed by atoms with Gasteiger partial charge in [0.15, 0.2) is 11.5 Å². The second-order valence-electron chi connectivity index (χ2n) is 5.79. The van der Waals surface area contributed by atoms with E-state index in [1.807, 2.05) is 60.8 Å². The largest absolute Gasteiger partial charge is 0.490 e. The maximum atomic E-state index is 12.1. The number of carbonyl (C=O) groups excluding carboxylic acids is 1. The van der Waals surface area contributed by atoms with Gasteiger partial charge in [0.2, 0.25) is 5.91 Å². The van der Waals surface area contributed by atoms with E-state index in [2.05, 4.69) is 10.3 Å². The second kappa shape index (κ2) is 9.73. The standard InChI is InChI=1S/C21H22N2O3S/c1-2-25-18-6-3-4-7-19(18)26-14-5-8-20(24)23-17-11-9-16(10-12-17)21-22-13-15-27-21/h3-4,6-7,9-13,15H,2,5,8,14H2,1H3,(H,23,24). The Bertz CT molecular complexity index is 848. The molecular formula is C21H22N2O3S. The molecule has 1 N–H and O–H groups in total. The molecule has 1 aromatic heterocycles. The Balaban J connectivity index is 1.42. The highest BCUT2D eigenvalue weighted by Crippen LogP contribution is 2.26. The first-order chi connectivity index (χ1) is 13.3. The molecule has 6 heteroatoms. The lowest BCUT2D eigenvalue weighted by Gasteiger charge is -2.11. The summed E-state index contributed by atoms with van der Waals surface area (Å²) in [5.74, 6) is 1.40. The zero-order valence-corrected chi connectivity index (χ0v) is 16.0. The highest BCUT2D eigenvalue weighted by atomic mass is 32.1. The predicted octanol–water partition coefficient (Wildman–Crippen LogP) is 5.01. The molecule has 0 saturated carbocycles. The highest BCUT2D eigenvalue weighted by Gasteiger charge is 2.06. The normalized spacial score (nSPS) is 10.4. The number of para-hydroxylation sites is 2. The van der Waals surface area contributed by atoms with Gasteiger partial charge in [0, 0.05) is 29.2 Å². The molecule has 0 radical (unpaired) electrons. The van der Waals surface area contributed by atoms with Crippen LogP contribution >= 0.6 is 11.3 Å². The third kappa shape index (κ3) is 5.56. The maximum absolute atomic E-state index is 12.1. The molecule has 0 fully saturated rings.